The summed E-state index contributed by atoms with van der Waals surface area (Å²) in [7, 11) is 1.42. The fraction of sp³-hybridized carbons (Fsp3) is 0.231. The minimum atomic E-state index is -4.52. The normalized spacial score (nSPS) is 11.7. The van der Waals surface area contributed by atoms with Gasteiger partial charge in [-0.1, -0.05) is 18.2 Å². The molecule has 0 aliphatic heterocycles. The topological polar surface area (TPSA) is 55.1 Å². The van der Waals surface area contributed by atoms with Crippen molar-refractivity contribution < 1.29 is 23.1 Å². The summed E-state index contributed by atoms with van der Waals surface area (Å²) >= 11 is 0. The van der Waals surface area contributed by atoms with Crippen molar-refractivity contribution in [1.82, 2.24) is 9.78 Å². The van der Waals surface area contributed by atoms with Gasteiger partial charge < -0.3 is 5.11 Å². The lowest BCUT2D eigenvalue weighted by molar-refractivity contribution is -0.137. The summed E-state index contributed by atoms with van der Waals surface area (Å²) in [4.78, 5) is 11.0. The summed E-state index contributed by atoms with van der Waals surface area (Å²) in [6.45, 7) is 1.44. The third-order valence-electron chi connectivity index (χ3n) is 2.97. The molecule has 4 nitrogen and oxygen atoms in total. The second-order valence-corrected chi connectivity index (χ2v) is 4.29. The number of nitrogens with zero attached hydrogens (tertiary/aromatic N) is 2. The Bertz CT molecular complexity index is 675. The minimum absolute atomic E-state index is 0.0833. The number of halogens is 3. The highest BCUT2D eigenvalue weighted by atomic mass is 19.4. The molecule has 1 N–H and O–H groups in total. The average molecular weight is 284 g/mol. The van der Waals surface area contributed by atoms with E-state index < -0.39 is 17.7 Å². The Balaban J connectivity index is 2.73. The van der Waals surface area contributed by atoms with Gasteiger partial charge >= 0.3 is 12.1 Å². The number of aryl methyl sites for hydroxylation is 1. The molecule has 2 aromatic rings. The van der Waals surface area contributed by atoms with Gasteiger partial charge in [-0.05, 0) is 13.0 Å². The van der Waals surface area contributed by atoms with E-state index >= 15 is 0 Å². The molecule has 1 heterocycles. The Hall–Kier alpha value is -2.31. The van der Waals surface area contributed by atoms with Crippen molar-refractivity contribution in [2.75, 3.05) is 0 Å². The molecule has 0 unspecified atom stereocenters. The molecule has 0 saturated carbocycles. The Kier molecular flexibility index (Phi) is 3.29. The van der Waals surface area contributed by atoms with Crippen LogP contribution < -0.4 is 0 Å². The maximum Gasteiger partial charge on any atom is 0.417 e. The molecule has 0 fully saturated rings. The highest BCUT2D eigenvalue weighted by Crippen LogP contribution is 2.38. The SMILES string of the molecule is Cc1c(C(=O)O)nn(C)c1-c1ccccc1C(F)(F)F. The molecule has 106 valence electrons. The van der Waals surface area contributed by atoms with Crippen LogP contribution in [0.3, 0.4) is 0 Å². The van der Waals surface area contributed by atoms with Crippen molar-refractivity contribution in [3.8, 4) is 11.3 Å². The Morgan fingerprint density at radius 1 is 1.30 bits per heavy atom. The molecule has 1 aromatic carbocycles. The second-order valence-electron chi connectivity index (χ2n) is 4.29. The first-order chi connectivity index (χ1) is 9.23. The van der Waals surface area contributed by atoms with Crippen LogP contribution in [0.15, 0.2) is 24.3 Å². The first-order valence-electron chi connectivity index (χ1n) is 5.67. The standard InChI is InChI=1S/C13H11F3N2O2/c1-7-10(12(19)20)17-18(2)11(7)8-5-3-4-6-9(8)13(14,15)16/h3-6H,1-2H3,(H,19,20). The highest BCUT2D eigenvalue weighted by molar-refractivity contribution is 5.89. The second kappa shape index (κ2) is 4.66. The van der Waals surface area contributed by atoms with E-state index in [9.17, 15) is 18.0 Å². The fourth-order valence-electron chi connectivity index (χ4n) is 2.15. The summed E-state index contributed by atoms with van der Waals surface area (Å²) < 4.78 is 40.2. The predicted molar refractivity (Wildman–Crippen MR) is 65.3 cm³/mol. The van der Waals surface area contributed by atoms with Crippen molar-refractivity contribution in [1.29, 1.82) is 0 Å². The zero-order valence-electron chi connectivity index (χ0n) is 10.7. The number of hydrogen-bond acceptors (Lipinski definition) is 2. The number of carbonyl (C=O) groups is 1. The van der Waals surface area contributed by atoms with Gasteiger partial charge in [-0.2, -0.15) is 18.3 Å². The Morgan fingerprint density at radius 3 is 2.40 bits per heavy atom. The number of rotatable bonds is 2. The van der Waals surface area contributed by atoms with Crippen molar-refractivity contribution in [3.63, 3.8) is 0 Å². The van der Waals surface area contributed by atoms with Crippen LogP contribution in [0.25, 0.3) is 11.3 Å². The monoisotopic (exact) mass is 284 g/mol. The lowest BCUT2D eigenvalue weighted by Crippen LogP contribution is -2.08. The molecule has 0 aliphatic rings. The van der Waals surface area contributed by atoms with Gasteiger partial charge in [-0.3, -0.25) is 4.68 Å². The summed E-state index contributed by atoms with van der Waals surface area (Å²) in [5, 5.41) is 12.7. The van der Waals surface area contributed by atoms with Crippen molar-refractivity contribution in [2.24, 2.45) is 7.05 Å². The van der Waals surface area contributed by atoms with E-state index in [0.717, 1.165) is 10.7 Å². The van der Waals surface area contributed by atoms with Crippen LogP contribution in [-0.4, -0.2) is 20.9 Å². The van der Waals surface area contributed by atoms with Crippen LogP contribution in [0.4, 0.5) is 13.2 Å². The molecule has 2 rings (SSSR count). The zero-order valence-corrected chi connectivity index (χ0v) is 10.7. The quantitative estimate of drug-likeness (QED) is 0.921. The van der Waals surface area contributed by atoms with E-state index in [-0.39, 0.29) is 22.5 Å². The first-order valence-corrected chi connectivity index (χ1v) is 5.67. The first kappa shape index (κ1) is 14.1. The molecule has 0 aliphatic carbocycles. The summed E-state index contributed by atoms with van der Waals surface area (Å²) in [5.74, 6) is -1.27. The average Bonchev–Trinajstić information content (AvgIpc) is 2.64. The molecule has 0 amide bonds. The lowest BCUT2D eigenvalue weighted by Gasteiger charge is -2.13. The van der Waals surface area contributed by atoms with Gasteiger partial charge in [0.25, 0.3) is 0 Å². The molecule has 20 heavy (non-hydrogen) atoms. The third-order valence-corrected chi connectivity index (χ3v) is 2.97. The number of carboxylic acid groups (broad SMARTS) is 1. The molecular formula is C13H11F3N2O2. The molecule has 0 spiro atoms. The highest BCUT2D eigenvalue weighted by Gasteiger charge is 2.35. The zero-order chi connectivity index (χ0) is 15.1. The molecule has 0 saturated heterocycles. The van der Waals surface area contributed by atoms with Crippen LogP contribution >= 0.6 is 0 Å². The van der Waals surface area contributed by atoms with Crippen LogP contribution in [0, 0.1) is 6.92 Å². The number of benzene rings is 1. The van der Waals surface area contributed by atoms with E-state index in [1.807, 2.05) is 0 Å². The van der Waals surface area contributed by atoms with Crippen molar-refractivity contribution >= 4 is 5.97 Å². The summed E-state index contributed by atoms with van der Waals surface area (Å²) in [5.41, 5.74) is -0.797. The number of carboxylic acids is 1. The van der Waals surface area contributed by atoms with Crippen molar-refractivity contribution in [3.05, 3.63) is 41.1 Å². The van der Waals surface area contributed by atoms with E-state index in [2.05, 4.69) is 5.10 Å². The van der Waals surface area contributed by atoms with Crippen LogP contribution in [0.2, 0.25) is 0 Å². The van der Waals surface area contributed by atoms with Crippen LogP contribution in [-0.2, 0) is 13.2 Å². The molecule has 0 radical (unpaired) electrons. The largest absolute Gasteiger partial charge is 0.476 e. The van der Waals surface area contributed by atoms with Gasteiger partial charge in [0.2, 0.25) is 0 Å². The van der Waals surface area contributed by atoms with Gasteiger partial charge in [-0.25, -0.2) is 4.79 Å². The predicted octanol–water partition coefficient (Wildman–Crippen LogP) is 3.11. The van der Waals surface area contributed by atoms with E-state index in [0.29, 0.717) is 0 Å². The maximum atomic E-state index is 13.0. The van der Waals surface area contributed by atoms with Gasteiger partial charge in [0, 0.05) is 18.2 Å². The molecule has 0 bridgehead atoms. The lowest BCUT2D eigenvalue weighted by atomic mass is 10.0. The molecular weight excluding hydrogens is 273 g/mol. The van der Waals surface area contributed by atoms with E-state index in [4.69, 9.17) is 5.11 Å². The number of aromatic nitrogens is 2. The number of alkyl halides is 3. The third kappa shape index (κ3) is 2.26. The Labute approximate surface area is 112 Å². The van der Waals surface area contributed by atoms with E-state index in [1.54, 1.807) is 0 Å². The fourth-order valence-corrected chi connectivity index (χ4v) is 2.15. The van der Waals surface area contributed by atoms with Gasteiger partial charge in [0.1, 0.15) is 0 Å². The van der Waals surface area contributed by atoms with Crippen LogP contribution in [0.5, 0.6) is 0 Å². The molecule has 0 atom stereocenters. The van der Waals surface area contributed by atoms with Gasteiger partial charge in [-0.15, -0.1) is 0 Å². The summed E-state index contributed by atoms with van der Waals surface area (Å²) in [6, 6.07) is 5.02. The number of hydrogen-bond donors (Lipinski definition) is 1. The van der Waals surface area contributed by atoms with Crippen molar-refractivity contribution in [2.45, 2.75) is 13.1 Å². The Morgan fingerprint density at radius 2 is 1.90 bits per heavy atom. The smallest absolute Gasteiger partial charge is 0.417 e. The number of aromatic carboxylic acids is 1. The van der Waals surface area contributed by atoms with Gasteiger partial charge in [0.05, 0.1) is 11.3 Å². The van der Waals surface area contributed by atoms with Gasteiger partial charge in [0.15, 0.2) is 5.69 Å². The van der Waals surface area contributed by atoms with E-state index in [1.165, 1.54) is 32.2 Å². The molecule has 7 heteroatoms. The van der Waals surface area contributed by atoms with Crippen LogP contribution in [0.1, 0.15) is 21.6 Å². The maximum absolute atomic E-state index is 13.0. The molecule has 1 aromatic heterocycles. The minimum Gasteiger partial charge on any atom is -0.476 e. The summed E-state index contributed by atoms with van der Waals surface area (Å²) in [6.07, 6.45) is -4.52.